The summed E-state index contributed by atoms with van der Waals surface area (Å²) in [5.74, 6) is 0.881. The fourth-order valence-electron chi connectivity index (χ4n) is 4.73. The second-order valence-corrected chi connectivity index (χ2v) is 9.65. The van der Waals surface area contributed by atoms with Crippen LogP contribution in [0.15, 0.2) is 59.5 Å². The first-order valence-corrected chi connectivity index (χ1v) is 11.3. The van der Waals surface area contributed by atoms with Gasteiger partial charge in [0.05, 0.1) is 15.9 Å². The van der Waals surface area contributed by atoms with Crippen molar-refractivity contribution in [3.8, 4) is 0 Å². The van der Waals surface area contributed by atoms with Gasteiger partial charge in [-0.15, -0.1) is 0 Å². The van der Waals surface area contributed by atoms with Crippen molar-refractivity contribution in [2.75, 3.05) is 24.5 Å². The quantitative estimate of drug-likeness (QED) is 0.737. The molecule has 1 spiro atoms. The van der Waals surface area contributed by atoms with Crippen LogP contribution in [0.4, 0.5) is 5.95 Å². The average molecular weight is 397 g/mol. The third-order valence-corrected chi connectivity index (χ3v) is 8.25. The first kappa shape index (κ1) is 17.7. The van der Waals surface area contributed by atoms with E-state index >= 15 is 0 Å². The number of imidazole rings is 1. The maximum Gasteiger partial charge on any atom is 0.243 e. The Balaban J connectivity index is 1.38. The fraction of sp³-hybridized carbons (Fsp3) is 0.381. The first-order valence-electron chi connectivity index (χ1n) is 9.86. The maximum atomic E-state index is 13.3. The number of aromatic nitrogens is 2. The van der Waals surface area contributed by atoms with Crippen LogP contribution in [0.5, 0.6) is 0 Å². The van der Waals surface area contributed by atoms with Crippen molar-refractivity contribution in [3.05, 3.63) is 54.6 Å². The molecule has 2 aliphatic heterocycles. The highest BCUT2D eigenvalue weighted by Gasteiger charge is 2.49. The normalized spacial score (nSPS) is 20.2. The van der Waals surface area contributed by atoms with Gasteiger partial charge in [-0.2, -0.15) is 4.31 Å². The Hall–Kier alpha value is -2.38. The zero-order chi connectivity index (χ0) is 19.2. The third kappa shape index (κ3) is 2.81. The zero-order valence-corrected chi connectivity index (χ0v) is 16.5. The van der Waals surface area contributed by atoms with Crippen LogP contribution >= 0.6 is 0 Å². The fourth-order valence-corrected chi connectivity index (χ4v) is 6.64. The van der Waals surface area contributed by atoms with Crippen molar-refractivity contribution in [2.45, 2.75) is 36.1 Å². The number of para-hydroxylation sites is 2. The topological polar surface area (TPSA) is 69.3 Å². The number of piperidine rings is 1. The molecule has 7 heteroatoms. The Morgan fingerprint density at radius 2 is 1.61 bits per heavy atom. The molecule has 28 heavy (non-hydrogen) atoms. The van der Waals surface area contributed by atoms with E-state index in [1.54, 1.807) is 28.6 Å². The monoisotopic (exact) mass is 396 g/mol. The Kier molecular flexibility index (Phi) is 4.17. The predicted octanol–water partition coefficient (Wildman–Crippen LogP) is 3.39. The minimum absolute atomic E-state index is 0.267. The molecule has 3 aromatic rings. The number of H-pyrrole nitrogens is 1. The third-order valence-electron chi connectivity index (χ3n) is 6.23. The minimum atomic E-state index is -3.46. The molecule has 1 aromatic heterocycles. The number of hydrogen-bond acceptors (Lipinski definition) is 4. The summed E-state index contributed by atoms with van der Waals surface area (Å²) in [7, 11) is -3.46. The van der Waals surface area contributed by atoms with Crippen LogP contribution in [0.25, 0.3) is 11.0 Å². The summed E-state index contributed by atoms with van der Waals surface area (Å²) >= 11 is 0. The highest BCUT2D eigenvalue weighted by atomic mass is 32.2. The second-order valence-electron chi connectivity index (χ2n) is 7.78. The number of nitrogens with zero attached hydrogens (tertiary/aromatic N) is 3. The van der Waals surface area contributed by atoms with E-state index in [1.807, 2.05) is 30.3 Å². The molecule has 0 atom stereocenters. The van der Waals surface area contributed by atoms with E-state index in [0.29, 0.717) is 11.4 Å². The number of sulfonamides is 1. The van der Waals surface area contributed by atoms with Crippen molar-refractivity contribution >= 4 is 27.0 Å². The zero-order valence-electron chi connectivity index (χ0n) is 15.7. The van der Waals surface area contributed by atoms with Gasteiger partial charge < -0.3 is 9.88 Å². The number of rotatable bonds is 3. The van der Waals surface area contributed by atoms with E-state index in [1.165, 1.54) is 0 Å². The van der Waals surface area contributed by atoms with Crippen LogP contribution < -0.4 is 4.90 Å². The molecule has 0 unspecified atom stereocenters. The molecule has 1 N–H and O–H groups in total. The Bertz CT molecular complexity index is 1050. The van der Waals surface area contributed by atoms with Crippen molar-refractivity contribution in [1.29, 1.82) is 0 Å². The predicted molar refractivity (Wildman–Crippen MR) is 110 cm³/mol. The maximum absolute atomic E-state index is 13.3. The van der Waals surface area contributed by atoms with Gasteiger partial charge in [0, 0.05) is 25.2 Å². The molecule has 2 fully saturated rings. The lowest BCUT2D eigenvalue weighted by Gasteiger charge is -2.44. The van der Waals surface area contributed by atoms with Crippen LogP contribution in [-0.4, -0.2) is 47.9 Å². The number of fused-ring (bicyclic) bond motifs is 1. The molecular weight excluding hydrogens is 372 g/mol. The van der Waals surface area contributed by atoms with Crippen LogP contribution in [-0.2, 0) is 10.0 Å². The molecule has 0 aliphatic carbocycles. The van der Waals surface area contributed by atoms with Crippen LogP contribution in [0.3, 0.4) is 0 Å². The number of hydrogen-bond donors (Lipinski definition) is 1. The van der Waals surface area contributed by atoms with Gasteiger partial charge in [-0.1, -0.05) is 30.3 Å². The SMILES string of the molecule is O=S(=O)(c1ccccc1)N1CCCC12CCN(c1nc3ccccc3[nH]1)CC2. The Morgan fingerprint density at radius 3 is 2.36 bits per heavy atom. The van der Waals surface area contributed by atoms with Gasteiger partial charge in [0.2, 0.25) is 16.0 Å². The van der Waals surface area contributed by atoms with E-state index in [9.17, 15) is 8.42 Å². The molecule has 0 amide bonds. The molecule has 2 aromatic carbocycles. The molecule has 0 radical (unpaired) electrons. The number of anilines is 1. The summed E-state index contributed by atoms with van der Waals surface area (Å²) in [6.07, 6.45) is 3.52. The standard InChI is InChI=1S/C21H24N4O2S/c26-28(27,17-7-2-1-3-8-17)25-14-6-11-21(25)12-15-24(16-13-21)20-22-18-9-4-5-10-19(18)23-20/h1-5,7-10H,6,11-16H2,(H,22,23). The summed E-state index contributed by atoms with van der Waals surface area (Å²) < 4.78 is 28.3. The van der Waals surface area contributed by atoms with Crippen molar-refractivity contribution in [1.82, 2.24) is 14.3 Å². The summed E-state index contributed by atoms with van der Waals surface area (Å²) in [4.78, 5) is 10.7. The van der Waals surface area contributed by atoms with Gasteiger partial charge in [-0.25, -0.2) is 13.4 Å². The van der Waals surface area contributed by atoms with Crippen LogP contribution in [0.1, 0.15) is 25.7 Å². The summed E-state index contributed by atoms with van der Waals surface area (Å²) in [6.45, 7) is 2.23. The summed E-state index contributed by atoms with van der Waals surface area (Å²) in [5, 5.41) is 0. The number of benzene rings is 2. The smallest absolute Gasteiger partial charge is 0.243 e. The largest absolute Gasteiger partial charge is 0.342 e. The Labute approximate surface area is 165 Å². The molecule has 6 nitrogen and oxygen atoms in total. The molecule has 0 saturated carbocycles. The first-order chi connectivity index (χ1) is 13.6. The molecule has 0 bridgehead atoms. The lowest BCUT2D eigenvalue weighted by atomic mass is 9.86. The molecule has 2 saturated heterocycles. The molecular formula is C21H24N4O2S. The molecule has 146 valence electrons. The van der Waals surface area contributed by atoms with Gasteiger partial charge in [-0.3, -0.25) is 0 Å². The average Bonchev–Trinajstić information content (AvgIpc) is 3.34. The lowest BCUT2D eigenvalue weighted by Crippen LogP contribution is -2.54. The summed E-state index contributed by atoms with van der Waals surface area (Å²) in [5.41, 5.74) is 1.73. The van der Waals surface area contributed by atoms with E-state index in [0.717, 1.165) is 55.8 Å². The van der Waals surface area contributed by atoms with Crippen molar-refractivity contribution in [2.24, 2.45) is 0 Å². The molecule has 2 aliphatic rings. The molecule has 3 heterocycles. The number of nitrogens with one attached hydrogen (secondary N) is 1. The minimum Gasteiger partial charge on any atom is -0.342 e. The van der Waals surface area contributed by atoms with Crippen molar-refractivity contribution in [3.63, 3.8) is 0 Å². The lowest BCUT2D eigenvalue weighted by molar-refractivity contribution is 0.192. The van der Waals surface area contributed by atoms with E-state index in [2.05, 4.69) is 9.88 Å². The molecule has 5 rings (SSSR count). The number of aromatic amines is 1. The van der Waals surface area contributed by atoms with Crippen LogP contribution in [0.2, 0.25) is 0 Å². The van der Waals surface area contributed by atoms with E-state index in [4.69, 9.17) is 4.98 Å². The second kappa shape index (κ2) is 6.60. The van der Waals surface area contributed by atoms with Gasteiger partial charge >= 0.3 is 0 Å². The van der Waals surface area contributed by atoms with Crippen molar-refractivity contribution < 1.29 is 8.42 Å². The van der Waals surface area contributed by atoms with Gasteiger partial charge in [0.15, 0.2) is 0 Å². The highest BCUT2D eigenvalue weighted by Crippen LogP contribution is 2.42. The van der Waals surface area contributed by atoms with Gasteiger partial charge in [-0.05, 0) is 49.9 Å². The van der Waals surface area contributed by atoms with Gasteiger partial charge in [0.1, 0.15) is 0 Å². The van der Waals surface area contributed by atoms with E-state index in [-0.39, 0.29) is 5.54 Å². The van der Waals surface area contributed by atoms with Gasteiger partial charge in [0.25, 0.3) is 0 Å². The highest BCUT2D eigenvalue weighted by molar-refractivity contribution is 7.89. The summed E-state index contributed by atoms with van der Waals surface area (Å²) in [6, 6.07) is 16.9. The van der Waals surface area contributed by atoms with E-state index < -0.39 is 10.0 Å². The Morgan fingerprint density at radius 1 is 0.893 bits per heavy atom. The van der Waals surface area contributed by atoms with Crippen LogP contribution in [0, 0.1) is 0 Å².